The molecule has 0 bridgehead atoms. The third-order valence-corrected chi connectivity index (χ3v) is 5.50. The van der Waals surface area contributed by atoms with E-state index in [-0.39, 0.29) is 24.5 Å². The topological polar surface area (TPSA) is 108 Å². The normalized spacial score (nSPS) is 13.5. The summed E-state index contributed by atoms with van der Waals surface area (Å²) in [5, 5.41) is 0.517. The molecular weight excluding hydrogens is 498 g/mol. The minimum Gasteiger partial charge on any atom is -0.485 e. The molecule has 12 heteroatoms. The van der Waals surface area contributed by atoms with Crippen LogP contribution in [-0.2, 0) is 22.6 Å². The minimum absolute atomic E-state index is 0.0449. The van der Waals surface area contributed by atoms with Crippen LogP contribution < -0.4 is 21.7 Å². The number of hydrogen-bond acceptors (Lipinski definition) is 6. The van der Waals surface area contributed by atoms with Crippen molar-refractivity contribution in [3.8, 4) is 5.75 Å². The van der Waals surface area contributed by atoms with E-state index in [1.165, 1.54) is 49.8 Å². The number of methoxy groups -OCH3 is 1. The predicted molar refractivity (Wildman–Crippen MR) is 129 cm³/mol. The first-order chi connectivity index (χ1) is 17.1. The standard InChI is InChI=1S/C24H25ClF2N4O5/c1-14(21(32)35-3)12-31-23(33)29-22(30(24(31)34)13-16-4-6-17(25)7-5-16)28-18-8-10-19(11-9-18)36-15(2)20(26)27/h4-11,14-15,20H,12-13H2,1-3H3,(H,28,29,33)/t14-,15+/m0/s1. The lowest BCUT2D eigenvalue weighted by atomic mass is 10.2. The predicted octanol–water partition coefficient (Wildman–Crippen LogP) is 3.11. The SMILES string of the molecule is COC(=O)[C@@H](C)Cn1c(=O)[nH]/c(=N\c2ccc(O[C@H](C)C(F)F)cc2)n(Cc2ccc(Cl)cc2)c1=O. The largest absolute Gasteiger partial charge is 0.485 e. The zero-order valence-electron chi connectivity index (χ0n) is 19.8. The summed E-state index contributed by atoms with van der Waals surface area (Å²) in [7, 11) is 1.22. The maximum atomic E-state index is 13.3. The van der Waals surface area contributed by atoms with Gasteiger partial charge >= 0.3 is 17.3 Å². The van der Waals surface area contributed by atoms with Crippen LogP contribution in [0.25, 0.3) is 0 Å². The fraction of sp³-hybridized carbons (Fsp3) is 0.333. The van der Waals surface area contributed by atoms with Gasteiger partial charge in [-0.2, -0.15) is 0 Å². The molecule has 0 fully saturated rings. The highest BCUT2D eigenvalue weighted by atomic mass is 35.5. The molecule has 36 heavy (non-hydrogen) atoms. The fourth-order valence-corrected chi connectivity index (χ4v) is 3.38. The number of aromatic amines is 1. The average Bonchev–Trinajstić information content (AvgIpc) is 2.85. The number of carbonyl (C=O) groups excluding carboxylic acids is 1. The van der Waals surface area contributed by atoms with Gasteiger partial charge < -0.3 is 9.47 Å². The Morgan fingerprint density at radius 1 is 1.06 bits per heavy atom. The van der Waals surface area contributed by atoms with Crippen LogP contribution in [0.5, 0.6) is 5.75 Å². The molecule has 9 nitrogen and oxygen atoms in total. The molecule has 0 amide bonds. The number of carbonyl (C=O) groups is 1. The molecule has 3 rings (SSSR count). The van der Waals surface area contributed by atoms with Crippen LogP contribution in [0.4, 0.5) is 14.5 Å². The smallest absolute Gasteiger partial charge is 0.335 e. The summed E-state index contributed by atoms with van der Waals surface area (Å²) < 4.78 is 37.5. The summed E-state index contributed by atoms with van der Waals surface area (Å²) in [5.74, 6) is -1.09. The number of nitrogens with zero attached hydrogens (tertiary/aromatic N) is 3. The second-order valence-corrected chi connectivity index (χ2v) is 8.48. The Labute approximate surface area is 209 Å². The zero-order valence-corrected chi connectivity index (χ0v) is 20.5. The van der Waals surface area contributed by atoms with Gasteiger partial charge in [0.1, 0.15) is 5.75 Å². The minimum atomic E-state index is -2.64. The van der Waals surface area contributed by atoms with Crippen LogP contribution >= 0.6 is 11.6 Å². The van der Waals surface area contributed by atoms with Crippen molar-refractivity contribution < 1.29 is 23.0 Å². The number of aromatic nitrogens is 3. The molecule has 2 atom stereocenters. The van der Waals surface area contributed by atoms with Gasteiger partial charge in [0.25, 0.3) is 6.43 Å². The van der Waals surface area contributed by atoms with E-state index in [1.807, 2.05) is 0 Å². The van der Waals surface area contributed by atoms with Gasteiger partial charge in [-0.25, -0.2) is 27.9 Å². The number of halogens is 3. The van der Waals surface area contributed by atoms with Crippen LogP contribution in [0.3, 0.4) is 0 Å². The van der Waals surface area contributed by atoms with E-state index in [4.69, 9.17) is 21.1 Å². The number of hydrogen-bond donors (Lipinski definition) is 1. The molecular formula is C24H25ClF2N4O5. The Balaban J connectivity index is 2.07. The second-order valence-electron chi connectivity index (χ2n) is 8.05. The first-order valence-corrected chi connectivity index (χ1v) is 11.3. The molecule has 1 heterocycles. The van der Waals surface area contributed by atoms with Crippen molar-refractivity contribution in [2.45, 2.75) is 39.5 Å². The van der Waals surface area contributed by atoms with E-state index in [0.29, 0.717) is 16.3 Å². The summed E-state index contributed by atoms with van der Waals surface area (Å²) in [4.78, 5) is 44.9. The van der Waals surface area contributed by atoms with Crippen molar-refractivity contribution in [2.24, 2.45) is 10.9 Å². The number of nitrogens with one attached hydrogen (secondary N) is 1. The number of benzene rings is 2. The quantitative estimate of drug-likeness (QED) is 0.434. The monoisotopic (exact) mass is 522 g/mol. The van der Waals surface area contributed by atoms with Crippen LogP contribution in [0.15, 0.2) is 63.1 Å². The lowest BCUT2D eigenvalue weighted by molar-refractivity contribution is -0.145. The first kappa shape index (κ1) is 26.9. The highest BCUT2D eigenvalue weighted by Crippen LogP contribution is 2.20. The van der Waals surface area contributed by atoms with Gasteiger partial charge in [-0.05, 0) is 48.9 Å². The number of esters is 1. The summed E-state index contributed by atoms with van der Waals surface area (Å²) in [6.45, 7) is 2.64. The van der Waals surface area contributed by atoms with E-state index in [0.717, 1.165) is 4.57 Å². The highest BCUT2D eigenvalue weighted by Gasteiger charge is 2.19. The van der Waals surface area contributed by atoms with Crippen molar-refractivity contribution in [3.05, 3.63) is 85.7 Å². The molecule has 0 aliphatic carbocycles. The molecule has 0 saturated heterocycles. The van der Waals surface area contributed by atoms with Crippen LogP contribution in [0, 0.1) is 5.92 Å². The van der Waals surface area contributed by atoms with Crippen molar-refractivity contribution >= 4 is 23.3 Å². The lowest BCUT2D eigenvalue weighted by Crippen LogP contribution is -2.51. The molecule has 1 N–H and O–H groups in total. The van der Waals surface area contributed by atoms with Gasteiger partial charge in [-0.15, -0.1) is 0 Å². The third kappa shape index (κ3) is 6.69. The molecule has 3 aromatic rings. The van der Waals surface area contributed by atoms with E-state index in [9.17, 15) is 23.2 Å². The molecule has 0 aliphatic heterocycles. The Morgan fingerprint density at radius 3 is 2.28 bits per heavy atom. The summed E-state index contributed by atoms with van der Waals surface area (Å²) in [6, 6.07) is 12.7. The Morgan fingerprint density at radius 2 is 1.69 bits per heavy atom. The van der Waals surface area contributed by atoms with Crippen LogP contribution in [-0.4, -0.2) is 39.7 Å². The molecule has 192 valence electrons. The number of alkyl halides is 2. The van der Waals surface area contributed by atoms with E-state index in [1.54, 1.807) is 24.3 Å². The third-order valence-electron chi connectivity index (χ3n) is 5.24. The van der Waals surface area contributed by atoms with Crippen LogP contribution in [0.1, 0.15) is 19.4 Å². The van der Waals surface area contributed by atoms with Gasteiger partial charge in [-0.3, -0.25) is 14.3 Å². The van der Waals surface area contributed by atoms with E-state index < -0.39 is 35.8 Å². The Hall–Kier alpha value is -3.73. The average molecular weight is 523 g/mol. The Bertz CT molecular complexity index is 1380. The Kier molecular flexibility index (Phi) is 8.81. The maximum absolute atomic E-state index is 13.3. The molecule has 0 saturated carbocycles. The first-order valence-electron chi connectivity index (χ1n) is 10.9. The van der Waals surface area contributed by atoms with Gasteiger partial charge in [0.15, 0.2) is 6.10 Å². The highest BCUT2D eigenvalue weighted by molar-refractivity contribution is 6.30. The van der Waals surface area contributed by atoms with Gasteiger partial charge in [0, 0.05) is 11.6 Å². The fourth-order valence-electron chi connectivity index (χ4n) is 3.26. The number of H-pyrrole nitrogens is 1. The van der Waals surface area contributed by atoms with Crippen molar-refractivity contribution in [2.75, 3.05) is 7.11 Å². The molecule has 0 aliphatic rings. The summed E-state index contributed by atoms with van der Waals surface area (Å²) in [6.07, 6.45) is -3.93. The van der Waals surface area contributed by atoms with Gasteiger partial charge in [0.2, 0.25) is 5.62 Å². The van der Waals surface area contributed by atoms with Crippen molar-refractivity contribution in [1.82, 2.24) is 14.1 Å². The van der Waals surface area contributed by atoms with Crippen molar-refractivity contribution in [1.29, 1.82) is 0 Å². The van der Waals surface area contributed by atoms with E-state index in [2.05, 4.69) is 9.98 Å². The van der Waals surface area contributed by atoms with E-state index >= 15 is 0 Å². The van der Waals surface area contributed by atoms with Crippen molar-refractivity contribution in [3.63, 3.8) is 0 Å². The lowest BCUT2D eigenvalue weighted by Gasteiger charge is -2.14. The molecule has 2 aromatic carbocycles. The molecule has 1 aromatic heterocycles. The summed E-state index contributed by atoms with van der Waals surface area (Å²) >= 11 is 5.96. The second kappa shape index (κ2) is 11.8. The van der Waals surface area contributed by atoms with Gasteiger partial charge in [-0.1, -0.05) is 30.7 Å². The number of rotatable bonds is 9. The van der Waals surface area contributed by atoms with Crippen LogP contribution in [0.2, 0.25) is 5.02 Å². The molecule has 0 unspecified atom stereocenters. The maximum Gasteiger partial charge on any atom is 0.335 e. The number of ether oxygens (including phenoxy) is 2. The summed E-state index contributed by atoms with van der Waals surface area (Å²) in [5.41, 5.74) is -0.437. The zero-order chi connectivity index (χ0) is 26.4. The van der Waals surface area contributed by atoms with Gasteiger partial charge in [0.05, 0.1) is 25.3 Å². The molecule has 0 radical (unpaired) electrons. The molecule has 0 spiro atoms.